The van der Waals surface area contributed by atoms with Crippen LogP contribution in [-0.2, 0) is 0 Å². The number of carbonyl (C=O) groups excluding carboxylic acids is 1. The lowest BCUT2D eigenvalue weighted by atomic mass is 10.1. The van der Waals surface area contributed by atoms with Crippen molar-refractivity contribution in [1.82, 2.24) is 0 Å². The first-order chi connectivity index (χ1) is 8.97. The van der Waals surface area contributed by atoms with Crippen LogP contribution in [0.1, 0.15) is 15.9 Å². The molecule has 0 radical (unpaired) electrons. The number of nitrogens with one attached hydrogen (secondary N) is 1. The minimum absolute atomic E-state index is 0.233. The highest BCUT2D eigenvalue weighted by atomic mass is 79.9. The van der Waals surface area contributed by atoms with Crippen LogP contribution < -0.4 is 11.1 Å². The summed E-state index contributed by atoms with van der Waals surface area (Å²) in [5, 5.41) is 2.84. The van der Waals surface area contributed by atoms with E-state index in [2.05, 4.69) is 37.2 Å². The molecule has 98 valence electrons. The molecule has 0 aliphatic rings. The zero-order valence-corrected chi connectivity index (χ0v) is 13.4. The van der Waals surface area contributed by atoms with Crippen LogP contribution in [0.2, 0.25) is 0 Å². The Morgan fingerprint density at radius 2 is 1.89 bits per heavy atom. The minimum Gasteiger partial charge on any atom is -0.398 e. The molecule has 0 aromatic heterocycles. The van der Waals surface area contributed by atoms with E-state index in [0.717, 1.165) is 20.2 Å². The predicted molar refractivity (Wildman–Crippen MR) is 85.4 cm³/mol. The molecule has 0 saturated heterocycles. The Balaban J connectivity index is 2.28. The number of hydrogen-bond donors (Lipinski definition) is 2. The largest absolute Gasteiger partial charge is 0.398 e. The zero-order chi connectivity index (χ0) is 14.0. The van der Waals surface area contributed by atoms with Crippen molar-refractivity contribution in [2.24, 2.45) is 0 Å². The molecule has 0 unspecified atom stereocenters. The monoisotopic (exact) mass is 382 g/mol. The summed E-state index contributed by atoms with van der Waals surface area (Å²) in [4.78, 5) is 12.2. The van der Waals surface area contributed by atoms with Crippen LogP contribution in [-0.4, -0.2) is 5.91 Å². The fourth-order valence-electron chi connectivity index (χ4n) is 1.64. The maximum atomic E-state index is 12.2. The van der Waals surface area contributed by atoms with Gasteiger partial charge in [0.15, 0.2) is 0 Å². The van der Waals surface area contributed by atoms with Gasteiger partial charge in [-0.1, -0.05) is 22.0 Å². The second-order valence-electron chi connectivity index (χ2n) is 4.17. The molecule has 0 heterocycles. The maximum absolute atomic E-state index is 12.2. The Morgan fingerprint density at radius 3 is 2.58 bits per heavy atom. The summed E-state index contributed by atoms with van der Waals surface area (Å²) in [6.07, 6.45) is 0. The fraction of sp³-hybridized carbons (Fsp3) is 0.0714. The Bertz CT molecular complexity index is 641. The molecular formula is C14H12Br2N2O. The average molecular weight is 384 g/mol. The van der Waals surface area contributed by atoms with Crippen LogP contribution in [0.15, 0.2) is 45.3 Å². The molecule has 1 amide bonds. The first kappa shape index (κ1) is 14.1. The average Bonchev–Trinajstić information content (AvgIpc) is 2.35. The lowest BCUT2D eigenvalue weighted by Crippen LogP contribution is -2.14. The van der Waals surface area contributed by atoms with E-state index in [9.17, 15) is 4.79 Å². The van der Waals surface area contributed by atoms with Crippen LogP contribution in [0, 0.1) is 6.92 Å². The van der Waals surface area contributed by atoms with E-state index in [1.165, 1.54) is 0 Å². The molecule has 0 aliphatic heterocycles. The maximum Gasteiger partial charge on any atom is 0.257 e. The second-order valence-corrected chi connectivity index (χ2v) is 5.94. The van der Waals surface area contributed by atoms with Crippen molar-refractivity contribution in [3.63, 3.8) is 0 Å². The quantitative estimate of drug-likeness (QED) is 0.757. The third-order valence-corrected chi connectivity index (χ3v) is 3.78. The molecule has 0 saturated carbocycles. The van der Waals surface area contributed by atoms with Crippen molar-refractivity contribution >= 4 is 49.1 Å². The highest BCUT2D eigenvalue weighted by Crippen LogP contribution is 2.25. The van der Waals surface area contributed by atoms with E-state index < -0.39 is 0 Å². The van der Waals surface area contributed by atoms with Gasteiger partial charge in [0.25, 0.3) is 5.91 Å². The van der Waals surface area contributed by atoms with Gasteiger partial charge in [-0.15, -0.1) is 0 Å². The standard InChI is InChI=1S/C14H12Br2N2O/c1-8-2-5-13(11(16)6-8)18-14(19)10-7-9(15)3-4-12(10)17/h2-7H,17H2,1H3,(H,18,19). The molecule has 0 atom stereocenters. The Labute approximate surface area is 128 Å². The number of benzene rings is 2. The summed E-state index contributed by atoms with van der Waals surface area (Å²) < 4.78 is 1.66. The Kier molecular flexibility index (Phi) is 4.27. The van der Waals surface area contributed by atoms with E-state index in [0.29, 0.717) is 11.3 Å². The minimum atomic E-state index is -0.233. The predicted octanol–water partition coefficient (Wildman–Crippen LogP) is 4.35. The van der Waals surface area contributed by atoms with Gasteiger partial charge in [0.1, 0.15) is 0 Å². The SMILES string of the molecule is Cc1ccc(NC(=O)c2cc(Br)ccc2N)c(Br)c1. The highest BCUT2D eigenvalue weighted by Gasteiger charge is 2.12. The number of anilines is 2. The van der Waals surface area contributed by atoms with E-state index in [1.807, 2.05) is 25.1 Å². The van der Waals surface area contributed by atoms with Crippen LogP contribution in [0.5, 0.6) is 0 Å². The van der Waals surface area contributed by atoms with Gasteiger partial charge >= 0.3 is 0 Å². The summed E-state index contributed by atoms with van der Waals surface area (Å²) in [6, 6.07) is 10.9. The van der Waals surface area contributed by atoms with Gasteiger partial charge in [0.2, 0.25) is 0 Å². The number of nitrogens with two attached hydrogens (primary N) is 1. The molecule has 2 aromatic rings. The molecule has 2 rings (SSSR count). The smallest absolute Gasteiger partial charge is 0.257 e. The normalized spacial score (nSPS) is 10.3. The molecule has 3 nitrogen and oxygen atoms in total. The van der Waals surface area contributed by atoms with Crippen molar-refractivity contribution in [1.29, 1.82) is 0 Å². The molecule has 0 bridgehead atoms. The number of rotatable bonds is 2. The van der Waals surface area contributed by atoms with Gasteiger partial charge in [-0.05, 0) is 58.7 Å². The Hall–Kier alpha value is -1.33. The van der Waals surface area contributed by atoms with Gasteiger partial charge in [0.05, 0.1) is 11.3 Å². The zero-order valence-electron chi connectivity index (χ0n) is 10.2. The van der Waals surface area contributed by atoms with Gasteiger partial charge < -0.3 is 11.1 Å². The van der Waals surface area contributed by atoms with Crippen LogP contribution in [0.4, 0.5) is 11.4 Å². The summed E-state index contributed by atoms with van der Waals surface area (Å²) in [5.74, 6) is -0.233. The first-order valence-corrected chi connectivity index (χ1v) is 7.18. The molecule has 2 aromatic carbocycles. The van der Waals surface area contributed by atoms with Crippen molar-refractivity contribution in [2.45, 2.75) is 6.92 Å². The molecule has 5 heteroatoms. The number of amides is 1. The summed E-state index contributed by atoms with van der Waals surface area (Å²) >= 11 is 6.76. The van der Waals surface area contributed by atoms with E-state index in [1.54, 1.807) is 18.2 Å². The lowest BCUT2D eigenvalue weighted by molar-refractivity contribution is 0.102. The molecule has 0 fully saturated rings. The third kappa shape index (κ3) is 3.36. The molecule has 19 heavy (non-hydrogen) atoms. The molecule has 0 spiro atoms. The van der Waals surface area contributed by atoms with Gasteiger partial charge in [-0.25, -0.2) is 0 Å². The summed E-state index contributed by atoms with van der Waals surface area (Å²) in [5.41, 5.74) is 8.54. The number of aryl methyl sites for hydroxylation is 1. The van der Waals surface area contributed by atoms with Crippen LogP contribution in [0.3, 0.4) is 0 Å². The van der Waals surface area contributed by atoms with Crippen LogP contribution in [0.25, 0.3) is 0 Å². The first-order valence-electron chi connectivity index (χ1n) is 5.60. The van der Waals surface area contributed by atoms with E-state index in [-0.39, 0.29) is 5.91 Å². The van der Waals surface area contributed by atoms with Crippen molar-refractivity contribution in [3.05, 3.63) is 56.5 Å². The van der Waals surface area contributed by atoms with Crippen molar-refractivity contribution in [2.75, 3.05) is 11.1 Å². The van der Waals surface area contributed by atoms with E-state index >= 15 is 0 Å². The van der Waals surface area contributed by atoms with Crippen molar-refractivity contribution in [3.8, 4) is 0 Å². The van der Waals surface area contributed by atoms with Crippen LogP contribution >= 0.6 is 31.9 Å². The van der Waals surface area contributed by atoms with Gasteiger partial charge in [-0.3, -0.25) is 4.79 Å². The number of nitrogen functional groups attached to an aromatic ring is 1. The lowest BCUT2D eigenvalue weighted by Gasteiger charge is -2.10. The molecular weight excluding hydrogens is 372 g/mol. The number of carbonyl (C=O) groups is 1. The topological polar surface area (TPSA) is 55.1 Å². The highest BCUT2D eigenvalue weighted by molar-refractivity contribution is 9.10. The number of hydrogen-bond acceptors (Lipinski definition) is 2. The molecule has 3 N–H and O–H groups in total. The number of halogens is 2. The van der Waals surface area contributed by atoms with Gasteiger partial charge in [0, 0.05) is 14.6 Å². The van der Waals surface area contributed by atoms with E-state index in [4.69, 9.17) is 5.73 Å². The third-order valence-electron chi connectivity index (χ3n) is 2.63. The fourth-order valence-corrected chi connectivity index (χ4v) is 2.59. The summed E-state index contributed by atoms with van der Waals surface area (Å²) in [6.45, 7) is 1.99. The summed E-state index contributed by atoms with van der Waals surface area (Å²) in [7, 11) is 0. The van der Waals surface area contributed by atoms with Gasteiger partial charge in [-0.2, -0.15) is 0 Å². The Morgan fingerprint density at radius 1 is 1.16 bits per heavy atom. The second kappa shape index (κ2) is 5.75. The van der Waals surface area contributed by atoms with Crippen molar-refractivity contribution < 1.29 is 4.79 Å². The molecule has 0 aliphatic carbocycles.